The van der Waals surface area contributed by atoms with Crippen molar-refractivity contribution < 1.29 is 4.79 Å². The average Bonchev–Trinajstić information content (AvgIpc) is 2.26. The third-order valence-corrected chi connectivity index (χ3v) is 3.75. The van der Waals surface area contributed by atoms with E-state index >= 15 is 0 Å². The fourth-order valence-corrected chi connectivity index (χ4v) is 2.20. The molecule has 0 unspecified atom stereocenters. The van der Waals surface area contributed by atoms with Gasteiger partial charge in [-0.1, -0.05) is 6.07 Å². The first-order valence-corrected chi connectivity index (χ1v) is 6.61. The third-order valence-electron chi connectivity index (χ3n) is 3.03. The van der Waals surface area contributed by atoms with Gasteiger partial charge in [0.25, 0.3) is 0 Å². The Balaban J connectivity index is 2.05. The van der Waals surface area contributed by atoms with Crippen LogP contribution in [0, 0.1) is 0 Å². The monoisotopic (exact) mass is 236 g/mol. The van der Waals surface area contributed by atoms with Crippen molar-refractivity contribution in [2.45, 2.75) is 29.7 Å². The Morgan fingerprint density at radius 3 is 2.81 bits per heavy atom. The minimum absolute atomic E-state index is 0.0583. The summed E-state index contributed by atoms with van der Waals surface area (Å²) in [6.07, 6.45) is 4.65. The van der Waals surface area contributed by atoms with Crippen molar-refractivity contribution in [3.05, 3.63) is 24.3 Å². The van der Waals surface area contributed by atoms with Crippen LogP contribution in [0.3, 0.4) is 0 Å². The molecule has 0 heterocycles. The van der Waals surface area contributed by atoms with Crippen molar-refractivity contribution in [3.63, 3.8) is 0 Å². The second-order valence-corrected chi connectivity index (χ2v) is 5.08. The van der Waals surface area contributed by atoms with Crippen molar-refractivity contribution in [2.75, 3.05) is 11.6 Å². The Labute approximate surface area is 99.8 Å². The standard InChI is InChI=1S/C12H16N2OS/c1-16-10-5-2-4-9(8-10)14-11(15)12(13)6-3-7-12/h2,4-5,8H,3,6-7,13H2,1H3,(H,14,15). The largest absolute Gasteiger partial charge is 0.324 e. The van der Waals surface area contributed by atoms with Crippen molar-refractivity contribution in [2.24, 2.45) is 5.73 Å². The zero-order valence-corrected chi connectivity index (χ0v) is 10.1. The summed E-state index contributed by atoms with van der Waals surface area (Å²) < 4.78 is 0. The molecule has 0 saturated heterocycles. The Hall–Kier alpha value is -1.00. The van der Waals surface area contributed by atoms with E-state index in [-0.39, 0.29) is 5.91 Å². The fourth-order valence-electron chi connectivity index (χ4n) is 1.74. The summed E-state index contributed by atoms with van der Waals surface area (Å²) in [6, 6.07) is 7.80. The van der Waals surface area contributed by atoms with Gasteiger partial charge in [0.05, 0.1) is 5.54 Å². The molecule has 1 aromatic rings. The molecule has 3 N–H and O–H groups in total. The number of carbonyl (C=O) groups is 1. The van der Waals surface area contributed by atoms with Crippen molar-refractivity contribution >= 4 is 23.4 Å². The van der Waals surface area contributed by atoms with Gasteiger partial charge in [-0.3, -0.25) is 4.79 Å². The maximum Gasteiger partial charge on any atom is 0.244 e. The number of carbonyl (C=O) groups excluding carboxylic acids is 1. The number of nitrogens with one attached hydrogen (secondary N) is 1. The molecule has 1 aromatic carbocycles. The highest BCUT2D eigenvalue weighted by Gasteiger charge is 2.40. The molecule has 0 atom stereocenters. The highest BCUT2D eigenvalue weighted by molar-refractivity contribution is 7.98. The highest BCUT2D eigenvalue weighted by atomic mass is 32.2. The second kappa shape index (κ2) is 4.47. The van der Waals surface area contributed by atoms with Gasteiger partial charge in [-0.25, -0.2) is 0 Å². The normalized spacial score (nSPS) is 17.6. The van der Waals surface area contributed by atoms with Gasteiger partial charge in [-0.15, -0.1) is 11.8 Å². The lowest BCUT2D eigenvalue weighted by Gasteiger charge is -2.36. The number of amides is 1. The van der Waals surface area contributed by atoms with E-state index in [9.17, 15) is 4.79 Å². The average molecular weight is 236 g/mol. The van der Waals surface area contributed by atoms with Crippen LogP contribution >= 0.6 is 11.8 Å². The van der Waals surface area contributed by atoms with Gasteiger partial charge in [0.2, 0.25) is 5.91 Å². The Bertz CT molecular complexity index is 402. The van der Waals surface area contributed by atoms with E-state index in [1.54, 1.807) is 11.8 Å². The lowest BCUT2D eigenvalue weighted by Crippen LogP contribution is -2.56. The van der Waals surface area contributed by atoms with Crippen molar-refractivity contribution in [1.82, 2.24) is 0 Å². The quantitative estimate of drug-likeness (QED) is 0.791. The van der Waals surface area contributed by atoms with Crippen LogP contribution in [-0.4, -0.2) is 17.7 Å². The summed E-state index contributed by atoms with van der Waals surface area (Å²) in [5.41, 5.74) is 6.15. The maximum atomic E-state index is 11.9. The zero-order chi connectivity index (χ0) is 11.6. The molecule has 4 heteroatoms. The molecule has 1 fully saturated rings. The Morgan fingerprint density at radius 2 is 2.25 bits per heavy atom. The predicted octanol–water partition coefficient (Wildman–Crippen LogP) is 2.23. The van der Waals surface area contributed by atoms with Gasteiger partial charge in [0.1, 0.15) is 0 Å². The smallest absolute Gasteiger partial charge is 0.244 e. The van der Waals surface area contributed by atoms with Crippen LogP contribution in [0.15, 0.2) is 29.2 Å². The van der Waals surface area contributed by atoms with Crippen LogP contribution in [0.25, 0.3) is 0 Å². The van der Waals surface area contributed by atoms with Crippen molar-refractivity contribution in [1.29, 1.82) is 0 Å². The van der Waals surface area contributed by atoms with Crippen LogP contribution in [0.4, 0.5) is 5.69 Å². The Morgan fingerprint density at radius 1 is 1.50 bits per heavy atom. The lowest BCUT2D eigenvalue weighted by atomic mass is 9.77. The minimum atomic E-state index is -0.630. The third kappa shape index (κ3) is 2.23. The maximum absolute atomic E-state index is 11.9. The summed E-state index contributed by atoms with van der Waals surface area (Å²) >= 11 is 1.65. The zero-order valence-electron chi connectivity index (χ0n) is 9.32. The molecule has 86 valence electrons. The van der Waals surface area contributed by atoms with E-state index in [1.807, 2.05) is 30.5 Å². The van der Waals surface area contributed by atoms with Gasteiger partial charge in [-0.2, -0.15) is 0 Å². The first kappa shape index (κ1) is 11.5. The van der Waals surface area contributed by atoms with Gasteiger partial charge in [-0.05, 0) is 43.7 Å². The van der Waals surface area contributed by atoms with Crippen LogP contribution in [-0.2, 0) is 4.79 Å². The van der Waals surface area contributed by atoms with Crippen molar-refractivity contribution in [3.8, 4) is 0 Å². The molecule has 0 bridgehead atoms. The van der Waals surface area contributed by atoms with Crippen LogP contribution in [0.1, 0.15) is 19.3 Å². The molecule has 0 aromatic heterocycles. The summed E-state index contributed by atoms with van der Waals surface area (Å²) in [6.45, 7) is 0. The molecule has 2 rings (SSSR count). The molecule has 16 heavy (non-hydrogen) atoms. The van der Waals surface area contributed by atoms with Gasteiger partial charge in [0, 0.05) is 10.6 Å². The second-order valence-electron chi connectivity index (χ2n) is 4.20. The molecule has 1 amide bonds. The van der Waals surface area contributed by atoms with Crippen LogP contribution < -0.4 is 11.1 Å². The number of anilines is 1. The molecule has 3 nitrogen and oxygen atoms in total. The summed E-state index contributed by atoms with van der Waals surface area (Å²) in [7, 11) is 0. The van der Waals surface area contributed by atoms with Gasteiger partial charge < -0.3 is 11.1 Å². The first-order chi connectivity index (χ1) is 7.64. The number of thioether (sulfide) groups is 1. The number of rotatable bonds is 3. The first-order valence-electron chi connectivity index (χ1n) is 5.38. The fraction of sp³-hybridized carbons (Fsp3) is 0.417. The van der Waals surface area contributed by atoms with Gasteiger partial charge in [0.15, 0.2) is 0 Å². The van der Waals surface area contributed by atoms with E-state index < -0.39 is 5.54 Å². The topological polar surface area (TPSA) is 55.1 Å². The number of hydrogen-bond donors (Lipinski definition) is 2. The summed E-state index contributed by atoms with van der Waals surface area (Å²) in [5, 5.41) is 2.88. The van der Waals surface area contributed by atoms with E-state index in [4.69, 9.17) is 5.73 Å². The van der Waals surface area contributed by atoms with Crippen LogP contribution in [0.2, 0.25) is 0 Å². The molecule has 1 aliphatic rings. The predicted molar refractivity (Wildman–Crippen MR) is 67.6 cm³/mol. The van der Waals surface area contributed by atoms with E-state index in [1.165, 1.54) is 0 Å². The minimum Gasteiger partial charge on any atom is -0.324 e. The number of hydrogen-bond acceptors (Lipinski definition) is 3. The SMILES string of the molecule is CSc1cccc(NC(=O)C2(N)CCC2)c1. The number of nitrogens with two attached hydrogens (primary N) is 1. The summed E-state index contributed by atoms with van der Waals surface area (Å²) in [5.74, 6) is -0.0583. The van der Waals surface area contributed by atoms with Gasteiger partial charge >= 0.3 is 0 Å². The molecular weight excluding hydrogens is 220 g/mol. The van der Waals surface area contributed by atoms with E-state index in [2.05, 4.69) is 5.32 Å². The molecule has 0 aliphatic heterocycles. The van der Waals surface area contributed by atoms with E-state index in [0.717, 1.165) is 29.8 Å². The molecule has 0 spiro atoms. The number of benzene rings is 1. The highest BCUT2D eigenvalue weighted by Crippen LogP contribution is 2.30. The molecule has 0 radical (unpaired) electrons. The Kier molecular flexibility index (Phi) is 3.21. The van der Waals surface area contributed by atoms with E-state index in [0.29, 0.717) is 0 Å². The summed E-state index contributed by atoms with van der Waals surface area (Å²) in [4.78, 5) is 13.0. The lowest BCUT2D eigenvalue weighted by molar-refractivity contribution is -0.123. The van der Waals surface area contributed by atoms with Crippen LogP contribution in [0.5, 0.6) is 0 Å². The molecule has 1 saturated carbocycles. The molecule has 1 aliphatic carbocycles. The molecular formula is C12H16N2OS.